The molecule has 1 atom stereocenters. The second-order valence-corrected chi connectivity index (χ2v) is 4.99. The van der Waals surface area contributed by atoms with E-state index in [9.17, 15) is 13.6 Å². The van der Waals surface area contributed by atoms with Gasteiger partial charge in [0.05, 0.1) is 6.61 Å². The van der Waals surface area contributed by atoms with Gasteiger partial charge < -0.3 is 10.4 Å². The summed E-state index contributed by atoms with van der Waals surface area (Å²) < 4.78 is 25.5. The van der Waals surface area contributed by atoms with Crippen molar-refractivity contribution in [2.24, 2.45) is 0 Å². The highest BCUT2D eigenvalue weighted by Crippen LogP contribution is 2.20. The molecule has 0 heterocycles. The van der Waals surface area contributed by atoms with Crippen molar-refractivity contribution >= 4 is 17.7 Å². The number of thioether (sulfide) groups is 1. The van der Waals surface area contributed by atoms with Gasteiger partial charge in [-0.25, -0.2) is 8.78 Å². The third-order valence-electron chi connectivity index (χ3n) is 2.17. The number of amides is 1. The van der Waals surface area contributed by atoms with Gasteiger partial charge in [0, 0.05) is 23.1 Å². The average molecular weight is 275 g/mol. The third kappa shape index (κ3) is 5.01. The van der Waals surface area contributed by atoms with Crippen LogP contribution in [0.5, 0.6) is 0 Å². The van der Waals surface area contributed by atoms with Crippen LogP contribution >= 0.6 is 11.8 Å². The fourth-order valence-electron chi connectivity index (χ4n) is 1.22. The summed E-state index contributed by atoms with van der Waals surface area (Å²) in [5, 5.41) is 11.3. The molecule has 1 amide bonds. The van der Waals surface area contributed by atoms with E-state index in [-0.39, 0.29) is 25.0 Å². The standard InChI is InChI=1S/C12H15F2NO2S/c1-8(7-16)15-12(17)4-5-18-9-2-3-10(13)11(14)6-9/h2-3,6,8,16H,4-5,7H2,1H3,(H,15,17). The molecule has 3 nitrogen and oxygen atoms in total. The van der Waals surface area contributed by atoms with E-state index in [1.54, 1.807) is 6.92 Å². The van der Waals surface area contributed by atoms with Crippen molar-refractivity contribution in [3.63, 3.8) is 0 Å². The van der Waals surface area contributed by atoms with E-state index in [0.717, 1.165) is 12.1 Å². The molecule has 0 aromatic heterocycles. The predicted octanol–water partition coefficient (Wildman–Crippen LogP) is 1.94. The normalized spacial score (nSPS) is 12.2. The Balaban J connectivity index is 2.33. The van der Waals surface area contributed by atoms with Crippen molar-refractivity contribution in [3.8, 4) is 0 Å². The van der Waals surface area contributed by atoms with Crippen LogP contribution in [0, 0.1) is 11.6 Å². The van der Waals surface area contributed by atoms with Crippen LogP contribution in [0.25, 0.3) is 0 Å². The van der Waals surface area contributed by atoms with E-state index in [1.807, 2.05) is 0 Å². The number of hydrogen-bond acceptors (Lipinski definition) is 3. The van der Waals surface area contributed by atoms with Crippen molar-refractivity contribution < 1.29 is 18.7 Å². The lowest BCUT2D eigenvalue weighted by Gasteiger charge is -2.10. The minimum Gasteiger partial charge on any atom is -0.394 e. The summed E-state index contributed by atoms with van der Waals surface area (Å²) in [5.74, 6) is -1.48. The molecule has 0 fully saturated rings. The maximum absolute atomic E-state index is 12.9. The van der Waals surface area contributed by atoms with Crippen LogP contribution in [0.2, 0.25) is 0 Å². The lowest BCUT2D eigenvalue weighted by molar-refractivity contribution is -0.121. The summed E-state index contributed by atoms with van der Waals surface area (Å²) in [6.45, 7) is 1.59. The second-order valence-electron chi connectivity index (χ2n) is 3.83. The van der Waals surface area contributed by atoms with Gasteiger partial charge in [-0.15, -0.1) is 11.8 Å². The molecule has 0 spiro atoms. The first-order chi connectivity index (χ1) is 8.52. The van der Waals surface area contributed by atoms with Crippen molar-refractivity contribution in [2.75, 3.05) is 12.4 Å². The number of halogens is 2. The lowest BCUT2D eigenvalue weighted by atomic mass is 10.3. The highest BCUT2D eigenvalue weighted by Gasteiger charge is 2.07. The number of nitrogens with one attached hydrogen (secondary N) is 1. The zero-order valence-corrected chi connectivity index (χ0v) is 10.8. The predicted molar refractivity (Wildman–Crippen MR) is 66.4 cm³/mol. The number of aliphatic hydroxyl groups is 1. The number of carbonyl (C=O) groups excluding carboxylic acids is 1. The fourth-order valence-corrected chi connectivity index (χ4v) is 2.10. The molecule has 0 radical (unpaired) electrons. The Morgan fingerprint density at radius 1 is 1.44 bits per heavy atom. The van der Waals surface area contributed by atoms with Gasteiger partial charge in [0.2, 0.25) is 5.91 Å². The molecule has 0 aliphatic carbocycles. The van der Waals surface area contributed by atoms with Crippen LogP contribution in [-0.4, -0.2) is 29.4 Å². The highest BCUT2D eigenvalue weighted by molar-refractivity contribution is 7.99. The first-order valence-corrected chi connectivity index (χ1v) is 6.49. The molecule has 18 heavy (non-hydrogen) atoms. The summed E-state index contributed by atoms with van der Waals surface area (Å²) in [4.78, 5) is 11.9. The Hall–Kier alpha value is -1.14. The fraction of sp³-hybridized carbons (Fsp3) is 0.417. The van der Waals surface area contributed by atoms with E-state index >= 15 is 0 Å². The van der Waals surface area contributed by atoms with Gasteiger partial charge in [0.1, 0.15) is 0 Å². The molecule has 0 saturated heterocycles. The van der Waals surface area contributed by atoms with Gasteiger partial charge >= 0.3 is 0 Å². The SMILES string of the molecule is CC(CO)NC(=O)CCSc1ccc(F)c(F)c1. The van der Waals surface area contributed by atoms with Crippen LogP contribution in [-0.2, 0) is 4.79 Å². The van der Waals surface area contributed by atoms with Crippen LogP contribution in [0.15, 0.2) is 23.1 Å². The number of carbonyl (C=O) groups is 1. The maximum atomic E-state index is 12.9. The molecule has 1 aromatic rings. The molecular formula is C12H15F2NO2S. The summed E-state index contributed by atoms with van der Waals surface area (Å²) in [7, 11) is 0. The molecule has 0 bridgehead atoms. The minimum absolute atomic E-state index is 0.109. The first kappa shape index (κ1) is 14.9. The highest BCUT2D eigenvalue weighted by atomic mass is 32.2. The third-order valence-corrected chi connectivity index (χ3v) is 3.17. The summed E-state index contributed by atoms with van der Waals surface area (Å²) in [6.07, 6.45) is 0.258. The van der Waals surface area contributed by atoms with E-state index in [1.165, 1.54) is 17.8 Å². The summed E-state index contributed by atoms with van der Waals surface area (Å²) in [6, 6.07) is 3.36. The molecular weight excluding hydrogens is 260 g/mol. The monoisotopic (exact) mass is 275 g/mol. The smallest absolute Gasteiger partial charge is 0.221 e. The van der Waals surface area contributed by atoms with Crippen molar-refractivity contribution in [1.29, 1.82) is 0 Å². The molecule has 100 valence electrons. The van der Waals surface area contributed by atoms with E-state index < -0.39 is 11.6 Å². The zero-order valence-electron chi connectivity index (χ0n) is 9.95. The van der Waals surface area contributed by atoms with Crippen LogP contribution < -0.4 is 5.32 Å². The maximum Gasteiger partial charge on any atom is 0.221 e. The lowest BCUT2D eigenvalue weighted by Crippen LogP contribution is -2.35. The van der Waals surface area contributed by atoms with Gasteiger partial charge in [0.15, 0.2) is 11.6 Å². The molecule has 1 aromatic carbocycles. The largest absolute Gasteiger partial charge is 0.394 e. The van der Waals surface area contributed by atoms with Gasteiger partial charge in [-0.05, 0) is 25.1 Å². The number of aliphatic hydroxyl groups excluding tert-OH is 1. The van der Waals surface area contributed by atoms with Crippen LogP contribution in [0.1, 0.15) is 13.3 Å². The number of benzene rings is 1. The summed E-state index contributed by atoms with van der Waals surface area (Å²) in [5.41, 5.74) is 0. The number of rotatable bonds is 6. The van der Waals surface area contributed by atoms with Crippen molar-refractivity contribution in [1.82, 2.24) is 5.32 Å². The van der Waals surface area contributed by atoms with E-state index in [2.05, 4.69) is 5.32 Å². The molecule has 0 aliphatic heterocycles. The zero-order chi connectivity index (χ0) is 13.5. The molecule has 1 unspecified atom stereocenters. The Morgan fingerprint density at radius 3 is 2.78 bits per heavy atom. The Bertz CT molecular complexity index is 415. The van der Waals surface area contributed by atoms with Gasteiger partial charge in [-0.3, -0.25) is 4.79 Å². The molecule has 1 rings (SSSR count). The first-order valence-electron chi connectivity index (χ1n) is 5.51. The van der Waals surface area contributed by atoms with Gasteiger partial charge in [0.25, 0.3) is 0 Å². The minimum atomic E-state index is -0.890. The van der Waals surface area contributed by atoms with Gasteiger partial charge in [-0.2, -0.15) is 0 Å². The second kappa shape index (κ2) is 7.33. The van der Waals surface area contributed by atoms with Crippen LogP contribution in [0.4, 0.5) is 8.78 Å². The Labute approximate surface area is 109 Å². The summed E-state index contributed by atoms with van der Waals surface area (Å²) >= 11 is 1.28. The van der Waals surface area contributed by atoms with Crippen molar-refractivity contribution in [2.45, 2.75) is 24.3 Å². The quantitative estimate of drug-likeness (QED) is 0.780. The average Bonchev–Trinajstić information content (AvgIpc) is 2.33. The van der Waals surface area contributed by atoms with Crippen molar-refractivity contribution in [3.05, 3.63) is 29.8 Å². The topological polar surface area (TPSA) is 49.3 Å². The van der Waals surface area contributed by atoms with E-state index in [0.29, 0.717) is 10.6 Å². The Kier molecular flexibility index (Phi) is 6.07. The Morgan fingerprint density at radius 2 is 2.17 bits per heavy atom. The van der Waals surface area contributed by atoms with Crippen LogP contribution in [0.3, 0.4) is 0 Å². The molecule has 0 aliphatic rings. The molecule has 2 N–H and O–H groups in total. The molecule has 6 heteroatoms. The molecule has 0 saturated carbocycles. The number of hydrogen-bond donors (Lipinski definition) is 2. The van der Waals surface area contributed by atoms with E-state index in [4.69, 9.17) is 5.11 Å². The van der Waals surface area contributed by atoms with Gasteiger partial charge in [-0.1, -0.05) is 0 Å².